The number of hydrogen-bond donors (Lipinski definition) is 1. The molecule has 0 bridgehead atoms. The molecule has 1 saturated heterocycles. The van der Waals surface area contributed by atoms with Gasteiger partial charge in [0.15, 0.2) is 11.6 Å². The molecule has 1 atom stereocenters. The molecule has 0 radical (unpaired) electrons. The summed E-state index contributed by atoms with van der Waals surface area (Å²) < 4.78 is 16.7. The summed E-state index contributed by atoms with van der Waals surface area (Å²) in [7, 11) is 0. The summed E-state index contributed by atoms with van der Waals surface area (Å²) in [5, 5.41) is 3.29. The van der Waals surface area contributed by atoms with Crippen molar-refractivity contribution in [1.29, 1.82) is 0 Å². The number of carbonyl (C=O) groups excluding carboxylic acids is 3. The number of carbonyl (C=O) groups is 3. The summed E-state index contributed by atoms with van der Waals surface area (Å²) >= 11 is 0. The van der Waals surface area contributed by atoms with Crippen molar-refractivity contribution in [3.63, 3.8) is 0 Å². The maximum absolute atomic E-state index is 13.6. The number of benzene rings is 1. The number of nitrogens with one attached hydrogen (secondary N) is 1. The van der Waals surface area contributed by atoms with Crippen LogP contribution in [0.2, 0.25) is 0 Å². The van der Waals surface area contributed by atoms with E-state index in [-0.39, 0.29) is 24.2 Å². The van der Waals surface area contributed by atoms with Crippen LogP contribution >= 0.6 is 0 Å². The lowest BCUT2D eigenvalue weighted by atomic mass is 10.0. The Morgan fingerprint density at radius 3 is 2.29 bits per heavy atom. The van der Waals surface area contributed by atoms with Crippen LogP contribution in [0.4, 0.5) is 22.2 Å². The second-order valence-electron chi connectivity index (χ2n) is 11.7. The van der Waals surface area contributed by atoms with E-state index in [0.29, 0.717) is 55.9 Å². The van der Waals surface area contributed by atoms with E-state index in [2.05, 4.69) is 10.3 Å². The Morgan fingerprint density at radius 2 is 1.71 bits per heavy atom. The molecule has 2 aromatic heterocycles. The summed E-state index contributed by atoms with van der Waals surface area (Å²) in [4.78, 5) is 54.0. The molecule has 1 fully saturated rings. The highest BCUT2D eigenvalue weighted by atomic mass is 16.6. The van der Waals surface area contributed by atoms with Gasteiger partial charge in [0.1, 0.15) is 23.1 Å². The predicted molar refractivity (Wildman–Crippen MR) is 172 cm³/mol. The molecule has 0 spiro atoms. The minimum atomic E-state index is -0.877. The number of hydrogen-bond acceptors (Lipinski definition) is 10. The van der Waals surface area contributed by atoms with E-state index in [0.717, 1.165) is 18.4 Å². The maximum atomic E-state index is 13.6. The van der Waals surface area contributed by atoms with E-state index in [1.165, 1.54) is 11.2 Å². The van der Waals surface area contributed by atoms with Crippen molar-refractivity contribution in [2.75, 3.05) is 47.8 Å². The first-order valence-electron chi connectivity index (χ1n) is 15.5. The summed E-state index contributed by atoms with van der Waals surface area (Å²) in [5.41, 5.74) is 0.460. The van der Waals surface area contributed by atoms with Crippen molar-refractivity contribution in [3.05, 3.63) is 60.2 Å². The largest absolute Gasteiger partial charge is 0.459 e. The fourth-order valence-corrected chi connectivity index (χ4v) is 5.01. The van der Waals surface area contributed by atoms with Crippen molar-refractivity contribution in [2.45, 2.75) is 72.4 Å². The van der Waals surface area contributed by atoms with Gasteiger partial charge in [-0.15, -0.1) is 0 Å². The first kappa shape index (κ1) is 33.3. The number of ether oxygens (including phenoxy) is 2. The van der Waals surface area contributed by atoms with Gasteiger partial charge in [0.25, 0.3) is 5.91 Å². The van der Waals surface area contributed by atoms with Crippen LogP contribution in [-0.4, -0.2) is 77.2 Å². The molecular weight excluding hydrogens is 576 g/mol. The van der Waals surface area contributed by atoms with Crippen LogP contribution in [0.1, 0.15) is 70.5 Å². The third-order valence-electron chi connectivity index (χ3n) is 7.32. The molecule has 1 aromatic carbocycles. The second-order valence-corrected chi connectivity index (χ2v) is 11.7. The number of rotatable bonds is 12. The second kappa shape index (κ2) is 14.9. The average Bonchev–Trinajstić information content (AvgIpc) is 3.74. The quantitative estimate of drug-likeness (QED) is 0.258. The molecule has 12 nitrogen and oxygen atoms in total. The third kappa shape index (κ3) is 8.74. The molecule has 4 rings (SSSR count). The molecular formula is C33H44N6O6. The Bertz CT molecular complexity index is 1430. The molecule has 1 N–H and O–H groups in total. The Morgan fingerprint density at radius 1 is 1.02 bits per heavy atom. The van der Waals surface area contributed by atoms with Crippen molar-refractivity contribution in [1.82, 2.24) is 14.9 Å². The molecule has 45 heavy (non-hydrogen) atoms. The summed E-state index contributed by atoms with van der Waals surface area (Å²) in [6.07, 6.45) is 4.85. The van der Waals surface area contributed by atoms with Gasteiger partial charge in [0.2, 0.25) is 5.95 Å². The highest BCUT2D eigenvalue weighted by Gasteiger charge is 2.30. The zero-order valence-electron chi connectivity index (χ0n) is 27.0. The Balaban J connectivity index is 1.66. The Kier molecular flexibility index (Phi) is 11.0. The highest BCUT2D eigenvalue weighted by molar-refractivity contribution is 6.05. The first-order chi connectivity index (χ1) is 21.5. The number of amides is 2. The topological polar surface area (TPSA) is 130 Å². The standard InChI is InChI=1S/C33H44N6O6/c1-7-37(8-2)31-34-22-26(39(9-3)29(40)27-13-12-20-43-27)28(36-31)35-25(30(41)45-33(4,5)6)21-23-14-16-24(17-15-23)44-32(42)38-18-10-11-19-38/h12-17,20,22,25H,7-11,18-19,21H2,1-6H3,(H,34,35,36)/t25-/m1/s1. The molecule has 242 valence electrons. The van der Waals surface area contributed by atoms with E-state index in [1.54, 1.807) is 56.1 Å². The summed E-state index contributed by atoms with van der Waals surface area (Å²) in [6, 6.07) is 9.42. The van der Waals surface area contributed by atoms with Gasteiger partial charge in [0.05, 0.1) is 12.5 Å². The van der Waals surface area contributed by atoms with Gasteiger partial charge in [-0.1, -0.05) is 12.1 Å². The number of esters is 1. The van der Waals surface area contributed by atoms with Crippen LogP contribution in [-0.2, 0) is 16.0 Å². The first-order valence-corrected chi connectivity index (χ1v) is 15.5. The van der Waals surface area contributed by atoms with Crippen LogP contribution in [0.15, 0.2) is 53.3 Å². The number of likely N-dealkylation sites (tertiary alicyclic amines) is 1. The van der Waals surface area contributed by atoms with E-state index in [9.17, 15) is 14.4 Å². The maximum Gasteiger partial charge on any atom is 0.415 e. The van der Waals surface area contributed by atoms with Crippen molar-refractivity contribution in [3.8, 4) is 5.75 Å². The molecule has 0 saturated carbocycles. The van der Waals surface area contributed by atoms with E-state index < -0.39 is 17.6 Å². The molecule has 1 aliphatic rings. The molecule has 1 aliphatic heterocycles. The minimum Gasteiger partial charge on any atom is -0.459 e. The van der Waals surface area contributed by atoms with Gasteiger partial charge in [-0.2, -0.15) is 4.98 Å². The van der Waals surface area contributed by atoms with Crippen LogP contribution in [0.5, 0.6) is 5.75 Å². The third-order valence-corrected chi connectivity index (χ3v) is 7.32. The van der Waals surface area contributed by atoms with Crippen LogP contribution in [0.25, 0.3) is 0 Å². The highest BCUT2D eigenvalue weighted by Crippen LogP contribution is 2.29. The SMILES string of the molecule is CCN(CC)c1ncc(N(CC)C(=O)c2ccco2)c(N[C@H](Cc2ccc(OC(=O)N3CCCC3)cc2)C(=O)OC(C)(C)C)n1. The Labute approximate surface area is 264 Å². The molecule has 0 unspecified atom stereocenters. The van der Waals surface area contributed by atoms with Gasteiger partial charge in [-0.25, -0.2) is 14.6 Å². The predicted octanol–water partition coefficient (Wildman–Crippen LogP) is 5.54. The van der Waals surface area contributed by atoms with E-state index in [4.69, 9.17) is 18.9 Å². The van der Waals surface area contributed by atoms with Crippen molar-refractivity contribution >= 4 is 35.4 Å². The number of furan rings is 1. The van der Waals surface area contributed by atoms with Crippen molar-refractivity contribution < 1.29 is 28.3 Å². The minimum absolute atomic E-state index is 0.171. The Hall–Kier alpha value is -4.61. The number of nitrogens with zero attached hydrogens (tertiary/aromatic N) is 5. The molecule has 3 aromatic rings. The van der Waals surface area contributed by atoms with Crippen molar-refractivity contribution in [2.24, 2.45) is 0 Å². The average molecular weight is 621 g/mol. The summed E-state index contributed by atoms with van der Waals surface area (Å²) in [6.45, 7) is 14.3. The van der Waals surface area contributed by atoms with Gasteiger partial charge >= 0.3 is 12.1 Å². The van der Waals surface area contributed by atoms with E-state index >= 15 is 0 Å². The normalized spacial score (nSPS) is 13.7. The lowest BCUT2D eigenvalue weighted by molar-refractivity contribution is -0.155. The smallest absolute Gasteiger partial charge is 0.415 e. The number of anilines is 3. The van der Waals surface area contributed by atoms with Gasteiger partial charge in [0, 0.05) is 39.1 Å². The van der Waals surface area contributed by atoms with Crippen LogP contribution in [0.3, 0.4) is 0 Å². The lowest BCUT2D eigenvalue weighted by Gasteiger charge is -2.28. The van der Waals surface area contributed by atoms with Gasteiger partial charge < -0.3 is 33.9 Å². The monoisotopic (exact) mass is 620 g/mol. The molecule has 0 aliphatic carbocycles. The zero-order valence-corrected chi connectivity index (χ0v) is 27.0. The van der Waals surface area contributed by atoms with Gasteiger partial charge in [-0.3, -0.25) is 4.79 Å². The fraction of sp³-hybridized carbons (Fsp3) is 0.485. The van der Waals surface area contributed by atoms with E-state index in [1.807, 2.05) is 37.8 Å². The molecule has 3 heterocycles. The molecule has 2 amide bonds. The zero-order chi connectivity index (χ0) is 32.6. The lowest BCUT2D eigenvalue weighted by Crippen LogP contribution is -2.39. The fourth-order valence-electron chi connectivity index (χ4n) is 5.01. The number of aromatic nitrogens is 2. The van der Waals surface area contributed by atoms with Crippen LogP contribution < -0.4 is 19.9 Å². The molecule has 12 heteroatoms. The summed E-state index contributed by atoms with van der Waals surface area (Å²) in [5.74, 6) is 0.513. The van der Waals surface area contributed by atoms with Gasteiger partial charge in [-0.05, 0) is 84.2 Å². The van der Waals surface area contributed by atoms with Crippen LogP contribution in [0, 0.1) is 0 Å².